The number of halogens is 4. The summed E-state index contributed by atoms with van der Waals surface area (Å²) >= 11 is 15.3. The molecular weight excluding hydrogens is 330 g/mol. The summed E-state index contributed by atoms with van der Waals surface area (Å²) in [4.78, 5) is 0. The summed E-state index contributed by atoms with van der Waals surface area (Å²) in [6.45, 7) is 0. The molecule has 0 amide bonds. The fraction of sp³-hybridized carbons (Fsp3) is 0.500. The first kappa shape index (κ1) is 11.5. The minimum atomic E-state index is -3.82. The predicted octanol–water partition coefficient (Wildman–Crippen LogP) is 3.39. The van der Waals surface area contributed by atoms with E-state index in [9.17, 15) is 8.42 Å². The monoisotopic (exact) mass is 330 g/mol. The molecule has 0 bridgehead atoms. The number of allylic oxidation sites excluding steroid dienone is 1. The highest BCUT2D eigenvalue weighted by Crippen LogP contribution is 2.56. The molecule has 0 saturated heterocycles. The molecule has 0 aromatic heterocycles. The lowest BCUT2D eigenvalue weighted by Gasteiger charge is -2.14. The first-order chi connectivity index (χ1) is 5.26. The van der Waals surface area contributed by atoms with E-state index in [4.69, 9.17) is 33.9 Å². The van der Waals surface area contributed by atoms with Crippen LogP contribution >= 0.6 is 61.6 Å². The lowest BCUT2D eigenvalue weighted by Crippen LogP contribution is -2.21. The van der Waals surface area contributed by atoms with Crippen LogP contribution in [-0.4, -0.2) is 12.0 Å². The highest BCUT2D eigenvalue weighted by Gasteiger charge is 2.47. The summed E-state index contributed by atoms with van der Waals surface area (Å²) < 4.78 is 21.2. The zero-order valence-electron chi connectivity index (χ0n) is 5.35. The molecule has 1 aliphatic heterocycles. The Kier molecular flexibility index (Phi) is 3.36. The number of hydrogen-bond acceptors (Lipinski definition) is 3. The second-order valence-corrected chi connectivity index (χ2v) is 9.07. The summed E-state index contributed by atoms with van der Waals surface area (Å²) in [5.41, 5.74) is 0. The Morgan fingerprint density at radius 1 is 1.58 bits per heavy atom. The van der Waals surface area contributed by atoms with Gasteiger partial charge in [-0.05, 0) is 0 Å². The van der Waals surface area contributed by atoms with Crippen LogP contribution in [0, 0.1) is 0 Å². The molecule has 0 saturated carbocycles. The van der Waals surface area contributed by atoms with Crippen LogP contribution < -0.4 is 0 Å². The van der Waals surface area contributed by atoms with Crippen molar-refractivity contribution in [3.05, 3.63) is 8.85 Å². The maximum atomic E-state index is 11.0. The van der Waals surface area contributed by atoms with Gasteiger partial charge in [0.1, 0.15) is 0 Å². The van der Waals surface area contributed by atoms with Crippen LogP contribution in [0.1, 0.15) is 6.42 Å². The van der Waals surface area contributed by atoms with E-state index in [0.29, 0.717) is 8.85 Å². The van der Waals surface area contributed by atoms with Crippen molar-refractivity contribution in [2.75, 3.05) is 0 Å². The lowest BCUT2D eigenvalue weighted by molar-refractivity contribution is 0.603. The molecule has 12 heavy (non-hydrogen) atoms. The van der Waals surface area contributed by atoms with Crippen LogP contribution in [0.3, 0.4) is 0 Å². The Morgan fingerprint density at radius 2 is 2.08 bits per heavy atom. The van der Waals surface area contributed by atoms with Crippen LogP contribution in [0.4, 0.5) is 0 Å². The largest absolute Gasteiger partial charge is 0.262 e. The van der Waals surface area contributed by atoms with Gasteiger partial charge >= 0.3 is 0 Å². The van der Waals surface area contributed by atoms with Crippen molar-refractivity contribution in [1.82, 2.24) is 0 Å². The van der Waals surface area contributed by atoms with Crippen LogP contribution in [0.25, 0.3) is 0 Å². The lowest BCUT2D eigenvalue weighted by atomic mass is 10.5. The molecule has 0 N–H and O–H groups in total. The van der Waals surface area contributed by atoms with Gasteiger partial charge in [0.05, 0.1) is 4.36 Å². The average molecular weight is 332 g/mol. The van der Waals surface area contributed by atoms with E-state index < -0.39 is 12.6 Å². The summed E-state index contributed by atoms with van der Waals surface area (Å²) in [5, 5.41) is 0. The highest BCUT2D eigenvalue weighted by atomic mass is 79.9. The van der Waals surface area contributed by atoms with Crippen molar-refractivity contribution in [3.8, 4) is 0 Å². The van der Waals surface area contributed by atoms with E-state index in [1.165, 1.54) is 0 Å². The molecule has 1 heterocycles. The number of alkyl halides is 1. The van der Waals surface area contributed by atoms with Gasteiger partial charge in [0.2, 0.25) is 3.54 Å². The van der Waals surface area contributed by atoms with Crippen LogP contribution in [0.5, 0.6) is 0 Å². The molecule has 0 aromatic carbocycles. The SMILES string of the molecule is O=S(=O)(Cl)C1(Cl)CC(Br)=C(Cl)S1. The van der Waals surface area contributed by atoms with E-state index in [-0.39, 0.29) is 6.42 Å². The molecule has 1 rings (SSSR count). The van der Waals surface area contributed by atoms with Gasteiger partial charge < -0.3 is 0 Å². The van der Waals surface area contributed by atoms with Crippen molar-refractivity contribution in [1.29, 1.82) is 0 Å². The van der Waals surface area contributed by atoms with Crippen LogP contribution in [0.15, 0.2) is 8.85 Å². The maximum absolute atomic E-state index is 11.0. The van der Waals surface area contributed by atoms with Crippen molar-refractivity contribution in [2.45, 2.75) is 9.96 Å². The minimum absolute atomic E-state index is 0.0872. The molecule has 1 aliphatic rings. The first-order valence-electron chi connectivity index (χ1n) is 2.62. The normalized spacial score (nSPS) is 31.3. The molecule has 8 heteroatoms. The third-order valence-corrected chi connectivity index (χ3v) is 7.74. The van der Waals surface area contributed by atoms with Gasteiger partial charge in [0.15, 0.2) is 0 Å². The van der Waals surface area contributed by atoms with E-state index in [1.807, 2.05) is 0 Å². The van der Waals surface area contributed by atoms with Crippen molar-refractivity contribution in [3.63, 3.8) is 0 Å². The molecule has 0 spiro atoms. The second kappa shape index (κ2) is 3.51. The fourth-order valence-electron chi connectivity index (χ4n) is 0.616. The van der Waals surface area contributed by atoms with Gasteiger partial charge in [-0.3, -0.25) is 0 Å². The third kappa shape index (κ3) is 2.07. The first-order valence-corrected chi connectivity index (χ1v) is 7.30. The topological polar surface area (TPSA) is 34.1 Å². The van der Waals surface area contributed by atoms with E-state index in [1.54, 1.807) is 0 Å². The number of hydrogen-bond donors (Lipinski definition) is 0. The van der Waals surface area contributed by atoms with Crippen LogP contribution in [0.2, 0.25) is 0 Å². The smallest absolute Gasteiger partial charge is 0.209 e. The molecule has 1 unspecified atom stereocenters. The van der Waals surface area contributed by atoms with Gasteiger partial charge in [0, 0.05) is 21.6 Å². The van der Waals surface area contributed by atoms with E-state index in [0.717, 1.165) is 11.8 Å². The molecule has 0 aliphatic carbocycles. The van der Waals surface area contributed by atoms with Crippen molar-refractivity contribution < 1.29 is 8.42 Å². The van der Waals surface area contributed by atoms with E-state index in [2.05, 4.69) is 15.9 Å². The Labute approximate surface area is 97.2 Å². The van der Waals surface area contributed by atoms with Crippen molar-refractivity contribution >= 4 is 70.6 Å². The summed E-state index contributed by atoms with van der Waals surface area (Å²) in [7, 11) is 1.30. The fourth-order valence-corrected chi connectivity index (χ4v) is 4.97. The van der Waals surface area contributed by atoms with Gasteiger partial charge in [-0.2, -0.15) is 0 Å². The Bertz CT molecular complexity index is 322. The number of thioether (sulfide) groups is 1. The quantitative estimate of drug-likeness (QED) is 0.545. The van der Waals surface area contributed by atoms with Gasteiger partial charge in [-0.25, -0.2) is 8.42 Å². The number of rotatable bonds is 1. The summed E-state index contributed by atoms with van der Waals surface area (Å²) in [6, 6.07) is 0. The highest BCUT2D eigenvalue weighted by molar-refractivity contribution is 9.11. The third-order valence-electron chi connectivity index (χ3n) is 1.19. The van der Waals surface area contributed by atoms with Gasteiger partial charge in [-0.15, -0.1) is 0 Å². The zero-order valence-corrected chi connectivity index (χ0v) is 10.8. The standard InChI is InChI=1S/C4H2BrCl3O2S2/c5-2-1-4(7,11-3(2)6)12(8,9)10/h1H2. The van der Waals surface area contributed by atoms with E-state index >= 15 is 0 Å². The Morgan fingerprint density at radius 3 is 2.25 bits per heavy atom. The molecule has 1 atom stereocenters. The zero-order chi connectivity index (χ0) is 9.57. The van der Waals surface area contributed by atoms with Gasteiger partial charge in [0.25, 0.3) is 9.05 Å². The van der Waals surface area contributed by atoms with Gasteiger partial charge in [-0.1, -0.05) is 50.9 Å². The molecule has 70 valence electrons. The maximum Gasteiger partial charge on any atom is 0.262 e. The molecule has 0 fully saturated rings. The summed E-state index contributed by atoms with van der Waals surface area (Å²) in [5.74, 6) is 0. The van der Waals surface area contributed by atoms with Crippen LogP contribution in [-0.2, 0) is 9.05 Å². The Balaban J connectivity index is 2.99. The second-order valence-electron chi connectivity index (χ2n) is 2.06. The summed E-state index contributed by atoms with van der Waals surface area (Å²) in [6.07, 6.45) is 0.0872. The molecule has 0 aromatic rings. The average Bonchev–Trinajstić information content (AvgIpc) is 2.06. The minimum Gasteiger partial charge on any atom is -0.209 e. The predicted molar refractivity (Wildman–Crippen MR) is 57.4 cm³/mol. The van der Waals surface area contributed by atoms with Crippen molar-refractivity contribution in [2.24, 2.45) is 0 Å². The molecule has 2 nitrogen and oxygen atoms in total. The molecular formula is C4H2BrCl3O2S2. The Hall–Kier alpha value is 1.39. The molecule has 0 radical (unpaired) electrons.